The predicted octanol–water partition coefficient (Wildman–Crippen LogP) is 2.02. The van der Waals surface area contributed by atoms with E-state index in [1.807, 2.05) is 11.9 Å². The third-order valence-electron chi connectivity index (χ3n) is 3.47. The average Bonchev–Trinajstić information content (AvgIpc) is 2.70. The van der Waals surface area contributed by atoms with Gasteiger partial charge in [0.2, 0.25) is 5.91 Å². The molecule has 1 rings (SSSR count). The maximum Gasteiger partial charge on any atom is 0.223 e. The molecule has 1 aliphatic rings. The van der Waals surface area contributed by atoms with E-state index in [1.54, 1.807) is 0 Å². The molecule has 1 amide bonds. The zero-order valence-electron chi connectivity index (χ0n) is 11.0. The van der Waals surface area contributed by atoms with Crippen molar-refractivity contribution < 1.29 is 4.79 Å². The number of hydrogen-bond donors (Lipinski definition) is 1. The molecule has 0 aromatic rings. The van der Waals surface area contributed by atoms with E-state index in [0.29, 0.717) is 12.5 Å². The molecular weight excluding hydrogens is 200 g/mol. The van der Waals surface area contributed by atoms with E-state index in [4.69, 9.17) is 0 Å². The monoisotopic (exact) mass is 226 g/mol. The second kappa shape index (κ2) is 6.89. The van der Waals surface area contributed by atoms with Crippen LogP contribution in [0.5, 0.6) is 0 Å². The molecule has 3 heteroatoms. The lowest BCUT2D eigenvalue weighted by molar-refractivity contribution is -0.130. The van der Waals surface area contributed by atoms with Crippen LogP contribution in [0.4, 0.5) is 0 Å². The molecular formula is C13H26N2O. The van der Waals surface area contributed by atoms with Crippen molar-refractivity contribution in [2.75, 3.05) is 20.1 Å². The Morgan fingerprint density at radius 1 is 1.44 bits per heavy atom. The fourth-order valence-corrected chi connectivity index (χ4v) is 2.52. The van der Waals surface area contributed by atoms with Gasteiger partial charge in [0.1, 0.15) is 0 Å². The molecule has 0 saturated heterocycles. The van der Waals surface area contributed by atoms with Crippen LogP contribution in [-0.4, -0.2) is 37.0 Å². The molecule has 1 fully saturated rings. The van der Waals surface area contributed by atoms with E-state index in [-0.39, 0.29) is 5.91 Å². The number of nitrogens with zero attached hydrogens (tertiary/aromatic N) is 1. The summed E-state index contributed by atoms with van der Waals surface area (Å²) < 4.78 is 0. The van der Waals surface area contributed by atoms with Crippen molar-refractivity contribution in [1.82, 2.24) is 10.2 Å². The quantitative estimate of drug-likeness (QED) is 0.751. The number of nitrogens with one attached hydrogen (secondary N) is 1. The largest absolute Gasteiger partial charge is 0.345 e. The second-order valence-corrected chi connectivity index (χ2v) is 5.09. The van der Waals surface area contributed by atoms with Gasteiger partial charge in [-0.25, -0.2) is 0 Å². The molecule has 0 aromatic heterocycles. The van der Waals surface area contributed by atoms with Crippen molar-refractivity contribution in [3.8, 4) is 0 Å². The van der Waals surface area contributed by atoms with Gasteiger partial charge in [-0.15, -0.1) is 0 Å². The molecule has 0 heterocycles. The van der Waals surface area contributed by atoms with Crippen LogP contribution in [0.1, 0.15) is 46.0 Å². The first-order valence-corrected chi connectivity index (χ1v) is 6.60. The number of rotatable bonds is 6. The molecule has 0 aliphatic heterocycles. The summed E-state index contributed by atoms with van der Waals surface area (Å²) in [6, 6.07) is 0.295. The number of carbonyl (C=O) groups is 1. The van der Waals surface area contributed by atoms with Gasteiger partial charge in [-0.3, -0.25) is 4.79 Å². The lowest BCUT2D eigenvalue weighted by Gasteiger charge is -2.23. The van der Waals surface area contributed by atoms with Crippen LogP contribution in [0.3, 0.4) is 0 Å². The number of carbonyl (C=O) groups excluding carboxylic acids is 1. The highest BCUT2D eigenvalue weighted by Gasteiger charge is 2.20. The summed E-state index contributed by atoms with van der Waals surface area (Å²) in [6.07, 6.45) is 5.93. The highest BCUT2D eigenvalue weighted by atomic mass is 16.2. The first-order chi connectivity index (χ1) is 7.63. The summed E-state index contributed by atoms with van der Waals surface area (Å²) in [5.74, 6) is 1.03. The Morgan fingerprint density at radius 2 is 2.06 bits per heavy atom. The molecule has 3 nitrogen and oxygen atoms in total. The van der Waals surface area contributed by atoms with E-state index in [1.165, 1.54) is 25.7 Å². The lowest BCUT2D eigenvalue weighted by Crippen LogP contribution is -2.36. The lowest BCUT2D eigenvalue weighted by atomic mass is 10.1. The smallest absolute Gasteiger partial charge is 0.223 e. The maximum atomic E-state index is 11.9. The molecule has 0 aromatic carbocycles. The molecule has 16 heavy (non-hydrogen) atoms. The van der Waals surface area contributed by atoms with Gasteiger partial charge in [-0.2, -0.15) is 0 Å². The van der Waals surface area contributed by atoms with Crippen LogP contribution >= 0.6 is 0 Å². The van der Waals surface area contributed by atoms with Crippen molar-refractivity contribution in [2.45, 2.75) is 52.0 Å². The van der Waals surface area contributed by atoms with Crippen molar-refractivity contribution in [3.63, 3.8) is 0 Å². The third kappa shape index (κ3) is 4.52. The summed E-state index contributed by atoms with van der Waals surface area (Å²) in [6.45, 7) is 6.03. The fourth-order valence-electron chi connectivity index (χ4n) is 2.52. The Bertz CT molecular complexity index is 212. The molecule has 0 spiro atoms. The molecule has 0 bridgehead atoms. The van der Waals surface area contributed by atoms with Gasteiger partial charge in [0, 0.05) is 26.1 Å². The van der Waals surface area contributed by atoms with Crippen molar-refractivity contribution in [3.05, 3.63) is 0 Å². The minimum absolute atomic E-state index is 0.278. The predicted molar refractivity (Wildman–Crippen MR) is 67.4 cm³/mol. The van der Waals surface area contributed by atoms with Gasteiger partial charge in [0.05, 0.1) is 0 Å². The van der Waals surface area contributed by atoms with Gasteiger partial charge in [-0.05, 0) is 32.2 Å². The van der Waals surface area contributed by atoms with E-state index < -0.39 is 0 Å². The molecule has 1 atom stereocenters. The van der Waals surface area contributed by atoms with Crippen LogP contribution in [-0.2, 0) is 4.79 Å². The SMILES string of the molecule is CCNC(C)CC(=O)N(C)CC1CCCC1. The Hall–Kier alpha value is -0.570. The zero-order valence-corrected chi connectivity index (χ0v) is 11.0. The number of amides is 1. The fraction of sp³-hybridized carbons (Fsp3) is 0.923. The summed E-state index contributed by atoms with van der Waals surface area (Å²) in [7, 11) is 1.94. The Kier molecular flexibility index (Phi) is 5.81. The Labute approximate surface area is 99.6 Å². The Morgan fingerprint density at radius 3 is 2.62 bits per heavy atom. The van der Waals surface area contributed by atoms with Gasteiger partial charge in [-0.1, -0.05) is 19.8 Å². The van der Waals surface area contributed by atoms with Crippen molar-refractivity contribution in [1.29, 1.82) is 0 Å². The first-order valence-electron chi connectivity index (χ1n) is 6.60. The summed E-state index contributed by atoms with van der Waals surface area (Å²) >= 11 is 0. The van der Waals surface area contributed by atoms with Crippen LogP contribution in [0.15, 0.2) is 0 Å². The third-order valence-corrected chi connectivity index (χ3v) is 3.47. The standard InChI is InChI=1S/C13H26N2O/c1-4-14-11(2)9-13(16)15(3)10-12-7-5-6-8-12/h11-12,14H,4-10H2,1-3H3. The number of hydrogen-bond acceptors (Lipinski definition) is 2. The minimum atomic E-state index is 0.278. The van der Waals surface area contributed by atoms with Crippen molar-refractivity contribution in [2.24, 2.45) is 5.92 Å². The first kappa shape index (κ1) is 13.5. The molecule has 0 radical (unpaired) electrons. The van der Waals surface area contributed by atoms with Crippen molar-refractivity contribution >= 4 is 5.91 Å². The summed E-state index contributed by atoms with van der Waals surface area (Å²) in [5.41, 5.74) is 0. The highest BCUT2D eigenvalue weighted by molar-refractivity contribution is 5.76. The Balaban J connectivity index is 2.23. The molecule has 1 N–H and O–H groups in total. The average molecular weight is 226 g/mol. The van der Waals surface area contributed by atoms with Crippen LogP contribution in [0, 0.1) is 5.92 Å². The maximum absolute atomic E-state index is 11.9. The van der Waals surface area contributed by atoms with Crippen LogP contribution in [0.2, 0.25) is 0 Å². The van der Waals surface area contributed by atoms with Gasteiger partial charge >= 0.3 is 0 Å². The van der Waals surface area contributed by atoms with Gasteiger partial charge in [0.25, 0.3) is 0 Å². The van der Waals surface area contributed by atoms with E-state index in [0.717, 1.165) is 19.0 Å². The van der Waals surface area contributed by atoms with Crippen LogP contribution < -0.4 is 5.32 Å². The molecule has 1 saturated carbocycles. The van der Waals surface area contributed by atoms with Gasteiger partial charge < -0.3 is 10.2 Å². The highest BCUT2D eigenvalue weighted by Crippen LogP contribution is 2.25. The molecule has 1 unspecified atom stereocenters. The van der Waals surface area contributed by atoms with E-state index in [2.05, 4.69) is 19.2 Å². The zero-order chi connectivity index (χ0) is 12.0. The summed E-state index contributed by atoms with van der Waals surface area (Å²) in [5, 5.41) is 3.28. The van der Waals surface area contributed by atoms with E-state index >= 15 is 0 Å². The normalized spacial score (nSPS) is 18.7. The molecule has 94 valence electrons. The topological polar surface area (TPSA) is 32.3 Å². The van der Waals surface area contributed by atoms with E-state index in [9.17, 15) is 4.79 Å². The second-order valence-electron chi connectivity index (χ2n) is 5.09. The summed E-state index contributed by atoms with van der Waals surface area (Å²) in [4.78, 5) is 13.8. The molecule has 1 aliphatic carbocycles. The van der Waals surface area contributed by atoms with Crippen LogP contribution in [0.25, 0.3) is 0 Å². The van der Waals surface area contributed by atoms with Gasteiger partial charge in [0.15, 0.2) is 0 Å². The minimum Gasteiger partial charge on any atom is -0.345 e.